The summed E-state index contributed by atoms with van der Waals surface area (Å²) < 4.78 is 30.9. The highest BCUT2D eigenvalue weighted by molar-refractivity contribution is 5.77. The van der Waals surface area contributed by atoms with Crippen LogP contribution in [0.1, 0.15) is 38.5 Å². The molecular weight excluding hydrogens is 264 g/mol. The predicted molar refractivity (Wildman–Crippen MR) is 71.5 cm³/mol. The van der Waals surface area contributed by atoms with E-state index in [0.717, 1.165) is 37.8 Å². The van der Waals surface area contributed by atoms with Gasteiger partial charge in [0.05, 0.1) is 0 Å². The van der Waals surface area contributed by atoms with Crippen LogP contribution < -0.4 is 10.1 Å². The Hall–Kier alpha value is -1.65. The van der Waals surface area contributed by atoms with Crippen LogP contribution in [0.25, 0.3) is 0 Å². The van der Waals surface area contributed by atoms with Crippen LogP contribution in [0, 0.1) is 11.6 Å². The first kappa shape index (κ1) is 14.8. The fourth-order valence-electron chi connectivity index (χ4n) is 2.41. The van der Waals surface area contributed by atoms with Gasteiger partial charge >= 0.3 is 0 Å². The van der Waals surface area contributed by atoms with Gasteiger partial charge in [0.15, 0.2) is 18.2 Å². The van der Waals surface area contributed by atoms with Gasteiger partial charge in [-0.3, -0.25) is 4.79 Å². The first-order valence-corrected chi connectivity index (χ1v) is 7.02. The summed E-state index contributed by atoms with van der Waals surface area (Å²) in [5.74, 6) is -1.98. The molecule has 3 nitrogen and oxygen atoms in total. The summed E-state index contributed by atoms with van der Waals surface area (Å²) in [5.41, 5.74) is 0. The monoisotopic (exact) mass is 283 g/mol. The van der Waals surface area contributed by atoms with Crippen molar-refractivity contribution in [3.63, 3.8) is 0 Å². The number of rotatable bonds is 4. The van der Waals surface area contributed by atoms with Gasteiger partial charge < -0.3 is 10.1 Å². The molecule has 5 heteroatoms. The van der Waals surface area contributed by atoms with Gasteiger partial charge in [-0.05, 0) is 25.0 Å². The number of carbonyl (C=O) groups excluding carboxylic acids is 1. The zero-order valence-corrected chi connectivity index (χ0v) is 11.3. The normalized spacial score (nSPS) is 16.5. The number of halogens is 2. The van der Waals surface area contributed by atoms with Crippen LogP contribution in [-0.2, 0) is 4.79 Å². The molecule has 0 radical (unpaired) electrons. The van der Waals surface area contributed by atoms with Crippen molar-refractivity contribution < 1.29 is 18.3 Å². The lowest BCUT2D eigenvalue weighted by Gasteiger charge is -2.16. The van der Waals surface area contributed by atoms with Crippen LogP contribution in [0.2, 0.25) is 0 Å². The second kappa shape index (κ2) is 7.22. The Bertz CT molecular complexity index is 457. The Morgan fingerprint density at radius 3 is 2.50 bits per heavy atom. The number of carbonyl (C=O) groups is 1. The smallest absolute Gasteiger partial charge is 0.258 e. The second-order valence-corrected chi connectivity index (χ2v) is 5.12. The van der Waals surface area contributed by atoms with E-state index in [1.807, 2.05) is 0 Å². The van der Waals surface area contributed by atoms with Crippen molar-refractivity contribution >= 4 is 5.91 Å². The molecule has 0 aliphatic heterocycles. The van der Waals surface area contributed by atoms with Crippen molar-refractivity contribution in [1.82, 2.24) is 5.32 Å². The Morgan fingerprint density at radius 1 is 1.15 bits per heavy atom. The van der Waals surface area contributed by atoms with E-state index in [1.165, 1.54) is 18.9 Å². The van der Waals surface area contributed by atoms with E-state index < -0.39 is 11.6 Å². The van der Waals surface area contributed by atoms with Gasteiger partial charge in [-0.1, -0.05) is 25.7 Å². The van der Waals surface area contributed by atoms with E-state index in [0.29, 0.717) is 0 Å². The molecule has 1 aliphatic carbocycles. The number of hydrogen-bond acceptors (Lipinski definition) is 2. The Balaban J connectivity index is 1.77. The highest BCUT2D eigenvalue weighted by Gasteiger charge is 2.15. The number of benzene rings is 1. The average Bonchev–Trinajstić information content (AvgIpc) is 2.69. The third kappa shape index (κ3) is 4.47. The molecule has 0 heterocycles. The van der Waals surface area contributed by atoms with Crippen LogP contribution in [0.15, 0.2) is 18.2 Å². The van der Waals surface area contributed by atoms with Gasteiger partial charge in [-0.2, -0.15) is 0 Å². The van der Waals surface area contributed by atoms with Crippen molar-refractivity contribution in [2.75, 3.05) is 6.61 Å². The van der Waals surface area contributed by atoms with E-state index >= 15 is 0 Å². The van der Waals surface area contributed by atoms with Crippen molar-refractivity contribution in [3.8, 4) is 5.75 Å². The van der Waals surface area contributed by atoms with E-state index in [4.69, 9.17) is 4.74 Å². The molecule has 2 rings (SSSR count). The molecule has 0 atom stereocenters. The summed E-state index contributed by atoms with van der Waals surface area (Å²) in [4.78, 5) is 11.7. The molecule has 1 N–H and O–H groups in total. The van der Waals surface area contributed by atoms with Gasteiger partial charge in [0.1, 0.15) is 5.75 Å². The van der Waals surface area contributed by atoms with Crippen molar-refractivity contribution in [2.24, 2.45) is 0 Å². The topological polar surface area (TPSA) is 38.3 Å². The zero-order valence-electron chi connectivity index (χ0n) is 11.3. The largest absolute Gasteiger partial charge is 0.484 e. The number of nitrogens with one attached hydrogen (secondary N) is 1. The van der Waals surface area contributed by atoms with Crippen LogP contribution in [0.4, 0.5) is 8.78 Å². The second-order valence-electron chi connectivity index (χ2n) is 5.12. The maximum absolute atomic E-state index is 13.0. The molecule has 0 aromatic heterocycles. The van der Waals surface area contributed by atoms with Crippen LogP contribution >= 0.6 is 0 Å². The SMILES string of the molecule is O=C(COc1ccc(F)c(F)c1)NC1CCCCCC1. The Kier molecular flexibility index (Phi) is 5.32. The third-order valence-corrected chi connectivity index (χ3v) is 3.48. The first-order valence-electron chi connectivity index (χ1n) is 7.02. The molecule has 0 unspecified atom stereocenters. The molecule has 1 fully saturated rings. The maximum atomic E-state index is 13.0. The fourth-order valence-corrected chi connectivity index (χ4v) is 2.41. The molecule has 1 saturated carbocycles. The van der Waals surface area contributed by atoms with E-state index in [2.05, 4.69) is 5.32 Å². The van der Waals surface area contributed by atoms with Gasteiger partial charge in [0.2, 0.25) is 0 Å². The molecule has 1 amide bonds. The lowest BCUT2D eigenvalue weighted by atomic mass is 10.1. The van der Waals surface area contributed by atoms with Crippen LogP contribution in [0.3, 0.4) is 0 Å². The lowest BCUT2D eigenvalue weighted by molar-refractivity contribution is -0.123. The first-order chi connectivity index (χ1) is 9.65. The van der Waals surface area contributed by atoms with Gasteiger partial charge in [0, 0.05) is 12.1 Å². The highest BCUT2D eigenvalue weighted by Crippen LogP contribution is 2.17. The molecule has 1 aromatic carbocycles. The molecular formula is C15H19F2NO2. The number of amides is 1. The molecule has 110 valence electrons. The standard InChI is InChI=1S/C15H19F2NO2/c16-13-8-7-12(9-14(13)17)20-10-15(19)18-11-5-3-1-2-4-6-11/h7-9,11H,1-6,10H2,(H,18,19). The highest BCUT2D eigenvalue weighted by atomic mass is 19.2. The summed E-state index contributed by atoms with van der Waals surface area (Å²) in [6, 6.07) is 3.43. The summed E-state index contributed by atoms with van der Waals surface area (Å²) >= 11 is 0. The summed E-state index contributed by atoms with van der Waals surface area (Å²) in [6.45, 7) is -0.179. The van der Waals surface area contributed by atoms with Gasteiger partial charge in [-0.15, -0.1) is 0 Å². The van der Waals surface area contributed by atoms with Gasteiger partial charge in [-0.25, -0.2) is 8.78 Å². The van der Waals surface area contributed by atoms with E-state index in [9.17, 15) is 13.6 Å². The Labute approximate surface area is 117 Å². The average molecular weight is 283 g/mol. The van der Waals surface area contributed by atoms with Crippen molar-refractivity contribution in [3.05, 3.63) is 29.8 Å². The molecule has 0 bridgehead atoms. The fraction of sp³-hybridized carbons (Fsp3) is 0.533. The molecule has 1 aromatic rings. The molecule has 0 spiro atoms. The van der Waals surface area contributed by atoms with Crippen LogP contribution in [-0.4, -0.2) is 18.6 Å². The summed E-state index contributed by atoms with van der Waals surface area (Å²) in [5, 5.41) is 2.92. The Morgan fingerprint density at radius 2 is 1.85 bits per heavy atom. The number of hydrogen-bond donors (Lipinski definition) is 1. The molecule has 0 saturated heterocycles. The predicted octanol–water partition coefficient (Wildman–Crippen LogP) is 3.18. The quantitative estimate of drug-likeness (QED) is 0.862. The summed E-state index contributed by atoms with van der Waals surface area (Å²) in [6.07, 6.45) is 6.70. The minimum absolute atomic E-state index is 0.153. The van der Waals surface area contributed by atoms with E-state index in [1.54, 1.807) is 0 Å². The van der Waals surface area contributed by atoms with Crippen molar-refractivity contribution in [1.29, 1.82) is 0 Å². The summed E-state index contributed by atoms with van der Waals surface area (Å²) in [7, 11) is 0. The van der Waals surface area contributed by atoms with Crippen LogP contribution in [0.5, 0.6) is 5.75 Å². The van der Waals surface area contributed by atoms with Crippen molar-refractivity contribution in [2.45, 2.75) is 44.6 Å². The molecule has 1 aliphatic rings. The molecule has 20 heavy (non-hydrogen) atoms. The minimum atomic E-state index is -0.980. The minimum Gasteiger partial charge on any atom is -0.484 e. The van der Waals surface area contributed by atoms with Gasteiger partial charge in [0.25, 0.3) is 5.91 Å². The number of ether oxygens (including phenoxy) is 1. The maximum Gasteiger partial charge on any atom is 0.258 e. The van der Waals surface area contributed by atoms with E-state index in [-0.39, 0.29) is 24.3 Å². The zero-order chi connectivity index (χ0) is 14.4. The lowest BCUT2D eigenvalue weighted by Crippen LogP contribution is -2.37. The third-order valence-electron chi connectivity index (χ3n) is 3.48.